The minimum Gasteiger partial charge on any atom is -0.487 e. The third kappa shape index (κ3) is 3.82. The maximum Gasteiger partial charge on any atom is 0.253 e. The molecule has 3 heterocycles. The number of nitrogens with one attached hydrogen (secondary N) is 3. The van der Waals surface area contributed by atoms with Gasteiger partial charge in [0, 0.05) is 30.6 Å². The molecule has 5 rings (SSSR count). The average Bonchev–Trinajstić information content (AvgIpc) is 2.93. The van der Waals surface area contributed by atoms with Crippen molar-refractivity contribution in [3.63, 3.8) is 0 Å². The number of hydrogen-bond acceptors (Lipinski definition) is 5. The van der Waals surface area contributed by atoms with Gasteiger partial charge in [0.2, 0.25) is 5.91 Å². The number of likely N-dealkylation sites (tertiary alicyclic amines) is 1. The number of hydrogen-bond donors (Lipinski definition) is 3. The summed E-state index contributed by atoms with van der Waals surface area (Å²) in [5.41, 5.74) is 1.75. The zero-order valence-corrected chi connectivity index (χ0v) is 17.9. The van der Waals surface area contributed by atoms with Gasteiger partial charge in [0.15, 0.2) is 0 Å². The lowest BCUT2D eigenvalue weighted by Crippen LogP contribution is -2.51. The fourth-order valence-electron chi connectivity index (χ4n) is 4.76. The maximum atomic E-state index is 13.2. The Balaban J connectivity index is 1.41. The number of piperidine rings is 1. The lowest BCUT2D eigenvalue weighted by atomic mass is 9.80. The second-order valence-electron chi connectivity index (χ2n) is 8.85. The van der Waals surface area contributed by atoms with E-state index in [9.17, 15) is 14.4 Å². The number of anilines is 1. The number of benzene rings is 2. The molecule has 1 saturated heterocycles. The number of nitrogens with zero attached hydrogens (tertiary/aromatic N) is 1. The minimum absolute atomic E-state index is 0.0921. The summed E-state index contributed by atoms with van der Waals surface area (Å²) in [5, 5.41) is 8.41. The van der Waals surface area contributed by atoms with Crippen LogP contribution in [0.5, 0.6) is 5.75 Å². The third-order valence-corrected chi connectivity index (χ3v) is 6.61. The Bertz CT molecular complexity index is 1090. The van der Waals surface area contributed by atoms with Crippen LogP contribution in [0.25, 0.3) is 0 Å². The summed E-state index contributed by atoms with van der Waals surface area (Å²) in [5.74, 6) is -0.0963. The molecule has 166 valence electrons. The summed E-state index contributed by atoms with van der Waals surface area (Å²) < 4.78 is 6.47. The monoisotopic (exact) mass is 434 g/mol. The van der Waals surface area contributed by atoms with E-state index in [-0.39, 0.29) is 35.9 Å². The molecule has 2 aromatic rings. The summed E-state index contributed by atoms with van der Waals surface area (Å²) in [6.45, 7) is 1.82. The second kappa shape index (κ2) is 7.94. The molecule has 1 spiro atoms. The van der Waals surface area contributed by atoms with Crippen molar-refractivity contribution in [3.05, 3.63) is 59.2 Å². The lowest BCUT2D eigenvalue weighted by molar-refractivity contribution is -0.115. The van der Waals surface area contributed by atoms with Gasteiger partial charge in [0.1, 0.15) is 11.4 Å². The quantitative estimate of drug-likeness (QED) is 0.672. The van der Waals surface area contributed by atoms with Crippen LogP contribution >= 0.6 is 0 Å². The van der Waals surface area contributed by atoms with Gasteiger partial charge in [-0.25, -0.2) is 0 Å². The Hall–Kier alpha value is -3.39. The van der Waals surface area contributed by atoms with E-state index >= 15 is 0 Å². The minimum atomic E-state index is -0.340. The van der Waals surface area contributed by atoms with Gasteiger partial charge in [-0.15, -0.1) is 0 Å². The largest absolute Gasteiger partial charge is 0.487 e. The van der Waals surface area contributed by atoms with Gasteiger partial charge in [-0.05, 0) is 44.2 Å². The van der Waals surface area contributed by atoms with Crippen molar-refractivity contribution in [2.45, 2.75) is 30.9 Å². The molecule has 0 bridgehead atoms. The van der Waals surface area contributed by atoms with Crippen LogP contribution in [0.4, 0.5) is 5.69 Å². The van der Waals surface area contributed by atoms with Gasteiger partial charge in [-0.1, -0.05) is 18.2 Å². The third-order valence-electron chi connectivity index (χ3n) is 6.61. The fourth-order valence-corrected chi connectivity index (χ4v) is 4.76. The summed E-state index contributed by atoms with van der Waals surface area (Å²) in [6, 6.07) is 12.4. The molecule has 0 aliphatic carbocycles. The molecule has 3 aliphatic heterocycles. The number of carbonyl (C=O) groups excluding carboxylic acids is 3. The molecular formula is C24H26N4O4. The van der Waals surface area contributed by atoms with Gasteiger partial charge in [0.25, 0.3) is 11.8 Å². The molecule has 32 heavy (non-hydrogen) atoms. The van der Waals surface area contributed by atoms with Gasteiger partial charge >= 0.3 is 0 Å². The van der Waals surface area contributed by atoms with Crippen molar-refractivity contribution >= 4 is 23.4 Å². The molecule has 8 nitrogen and oxygen atoms in total. The Kier molecular flexibility index (Phi) is 5.09. The van der Waals surface area contributed by atoms with E-state index in [1.807, 2.05) is 24.3 Å². The van der Waals surface area contributed by atoms with E-state index in [1.54, 1.807) is 18.2 Å². The highest BCUT2D eigenvalue weighted by atomic mass is 16.5. The number of fused-ring (bicyclic) bond motifs is 2. The first-order valence-electron chi connectivity index (χ1n) is 10.9. The van der Waals surface area contributed by atoms with E-state index in [0.717, 1.165) is 37.2 Å². The Morgan fingerprint density at radius 3 is 2.75 bits per heavy atom. The Morgan fingerprint density at radius 1 is 1.16 bits per heavy atom. The van der Waals surface area contributed by atoms with E-state index in [0.29, 0.717) is 23.2 Å². The van der Waals surface area contributed by atoms with Crippen molar-refractivity contribution in [3.8, 4) is 5.75 Å². The number of ether oxygens (including phenoxy) is 1. The topological polar surface area (TPSA) is 99.8 Å². The SMILES string of the molecule is CN1CCC2(CC1)CC(NC(=O)c1ccc3c(c1)NC(=O)CNC3=O)c1ccccc1O2. The molecular weight excluding hydrogens is 408 g/mol. The molecule has 1 fully saturated rings. The Labute approximate surface area is 186 Å². The smallest absolute Gasteiger partial charge is 0.253 e. The molecule has 1 atom stereocenters. The van der Waals surface area contributed by atoms with E-state index < -0.39 is 0 Å². The van der Waals surface area contributed by atoms with E-state index in [1.165, 1.54) is 0 Å². The first-order valence-corrected chi connectivity index (χ1v) is 10.9. The molecule has 3 N–H and O–H groups in total. The predicted octanol–water partition coefficient (Wildman–Crippen LogP) is 2.09. The van der Waals surface area contributed by atoms with Crippen LogP contribution in [-0.2, 0) is 4.79 Å². The molecule has 2 aromatic carbocycles. The first kappa shape index (κ1) is 20.5. The fraction of sp³-hybridized carbons (Fsp3) is 0.375. The van der Waals surface area contributed by atoms with Crippen LogP contribution in [0.3, 0.4) is 0 Å². The summed E-state index contributed by atoms with van der Waals surface area (Å²) in [6.07, 6.45) is 2.52. The molecule has 1 unspecified atom stereocenters. The molecule has 3 amide bonds. The van der Waals surface area contributed by atoms with Gasteiger partial charge in [-0.3, -0.25) is 14.4 Å². The van der Waals surface area contributed by atoms with Crippen molar-refractivity contribution in [2.24, 2.45) is 0 Å². The molecule has 8 heteroatoms. The van der Waals surface area contributed by atoms with Gasteiger partial charge < -0.3 is 25.6 Å². The normalized spacial score (nSPS) is 22.0. The number of para-hydroxylation sites is 1. The average molecular weight is 434 g/mol. The van der Waals surface area contributed by atoms with Gasteiger partial charge in [-0.2, -0.15) is 0 Å². The van der Waals surface area contributed by atoms with E-state index in [2.05, 4.69) is 27.9 Å². The van der Waals surface area contributed by atoms with Gasteiger partial charge in [0.05, 0.1) is 23.8 Å². The highest BCUT2D eigenvalue weighted by molar-refractivity contribution is 6.10. The number of rotatable bonds is 2. The van der Waals surface area contributed by atoms with Crippen molar-refractivity contribution in [2.75, 3.05) is 32.0 Å². The highest BCUT2D eigenvalue weighted by Gasteiger charge is 2.43. The van der Waals surface area contributed by atoms with Crippen LogP contribution < -0.4 is 20.7 Å². The zero-order valence-electron chi connectivity index (χ0n) is 17.9. The maximum absolute atomic E-state index is 13.2. The number of amides is 3. The molecule has 0 radical (unpaired) electrons. The number of carbonyl (C=O) groups is 3. The molecule has 3 aliphatic rings. The standard InChI is InChI=1S/C24H26N4O4/c1-28-10-8-24(9-11-28)13-19(16-4-2-3-5-20(16)32-24)27-22(30)15-6-7-17-18(12-15)26-21(29)14-25-23(17)31/h2-7,12,19H,8-11,13-14H2,1H3,(H,25,31)(H,26,29)(H,27,30). The lowest BCUT2D eigenvalue weighted by Gasteiger charge is -2.46. The molecule has 0 aromatic heterocycles. The first-order chi connectivity index (χ1) is 15.4. The summed E-state index contributed by atoms with van der Waals surface area (Å²) in [4.78, 5) is 39.5. The zero-order chi connectivity index (χ0) is 22.3. The second-order valence-corrected chi connectivity index (χ2v) is 8.85. The van der Waals surface area contributed by atoms with E-state index in [4.69, 9.17) is 4.74 Å². The van der Waals surface area contributed by atoms with Crippen molar-refractivity contribution in [1.82, 2.24) is 15.5 Å². The highest BCUT2D eigenvalue weighted by Crippen LogP contribution is 2.44. The van der Waals surface area contributed by atoms with Crippen LogP contribution in [0.15, 0.2) is 42.5 Å². The van der Waals surface area contributed by atoms with Crippen LogP contribution in [-0.4, -0.2) is 54.9 Å². The van der Waals surface area contributed by atoms with Crippen LogP contribution in [0.1, 0.15) is 51.6 Å². The Morgan fingerprint density at radius 2 is 1.94 bits per heavy atom. The summed E-state index contributed by atoms with van der Waals surface area (Å²) in [7, 11) is 2.11. The van der Waals surface area contributed by atoms with Crippen molar-refractivity contribution < 1.29 is 19.1 Å². The van der Waals surface area contributed by atoms with Crippen LogP contribution in [0, 0.1) is 0 Å². The summed E-state index contributed by atoms with van der Waals surface area (Å²) >= 11 is 0. The van der Waals surface area contributed by atoms with Crippen LogP contribution in [0.2, 0.25) is 0 Å². The molecule has 0 saturated carbocycles. The van der Waals surface area contributed by atoms with Crippen molar-refractivity contribution in [1.29, 1.82) is 0 Å². The predicted molar refractivity (Wildman–Crippen MR) is 119 cm³/mol.